The fraction of sp³-hybridized carbons (Fsp3) is 0.357. The van der Waals surface area contributed by atoms with Crippen molar-refractivity contribution >= 4 is 17.3 Å². The van der Waals surface area contributed by atoms with Gasteiger partial charge in [0.25, 0.3) is 0 Å². The molecule has 0 amide bonds. The molecule has 0 fully saturated rings. The first-order chi connectivity index (χ1) is 8.27. The molecule has 0 saturated carbocycles. The highest BCUT2D eigenvalue weighted by molar-refractivity contribution is 5.87. The van der Waals surface area contributed by atoms with Gasteiger partial charge in [0.2, 0.25) is 0 Å². The average molecular weight is 232 g/mol. The highest BCUT2D eigenvalue weighted by Gasteiger charge is 2.13. The summed E-state index contributed by atoms with van der Waals surface area (Å²) < 4.78 is 11.1. The molecule has 1 heterocycles. The molecule has 0 saturated heterocycles. The molecule has 1 aromatic carbocycles. The number of furan rings is 1. The summed E-state index contributed by atoms with van der Waals surface area (Å²) >= 11 is 0. The molecule has 0 bridgehead atoms. The number of rotatable bonds is 5. The van der Waals surface area contributed by atoms with E-state index in [-0.39, 0.29) is 6.61 Å². The second kappa shape index (κ2) is 5.04. The third kappa shape index (κ3) is 2.18. The van der Waals surface area contributed by atoms with Crippen molar-refractivity contribution in [3.63, 3.8) is 0 Å². The lowest BCUT2D eigenvalue weighted by Gasteiger charge is -2.02. The first kappa shape index (κ1) is 11.7. The van der Waals surface area contributed by atoms with Crippen molar-refractivity contribution in [2.75, 3.05) is 6.61 Å². The van der Waals surface area contributed by atoms with Gasteiger partial charge < -0.3 is 9.15 Å². The molecule has 0 aliphatic carbocycles. The molecule has 0 N–H and O–H groups in total. The quantitative estimate of drug-likeness (QED) is 0.743. The fourth-order valence-corrected chi connectivity index (χ4v) is 2.06. The lowest BCUT2D eigenvalue weighted by atomic mass is 10.1. The minimum absolute atomic E-state index is 0.0575. The molecule has 17 heavy (non-hydrogen) atoms. The summed E-state index contributed by atoms with van der Waals surface area (Å²) in [5.41, 5.74) is 1.98. The van der Waals surface area contributed by atoms with Crippen LogP contribution < -0.4 is 4.74 Å². The summed E-state index contributed by atoms with van der Waals surface area (Å²) in [5, 5.41) is 1.09. The Hall–Kier alpha value is -1.77. The zero-order valence-electron chi connectivity index (χ0n) is 10.2. The molecule has 0 unspecified atom stereocenters. The van der Waals surface area contributed by atoms with E-state index in [1.165, 1.54) is 5.56 Å². The molecule has 2 aromatic rings. The number of ether oxygens (including phenoxy) is 1. The highest BCUT2D eigenvalue weighted by Crippen LogP contribution is 2.33. The van der Waals surface area contributed by atoms with Gasteiger partial charge in [-0.05, 0) is 19.4 Å². The third-order valence-electron chi connectivity index (χ3n) is 2.79. The zero-order chi connectivity index (χ0) is 12.3. The number of aldehydes is 1. The average Bonchev–Trinajstić information content (AvgIpc) is 2.65. The maximum atomic E-state index is 10.3. The number of carbonyl (C=O) groups is 1. The third-order valence-corrected chi connectivity index (χ3v) is 2.79. The van der Waals surface area contributed by atoms with Gasteiger partial charge in [0.15, 0.2) is 17.6 Å². The predicted octanol–water partition coefficient (Wildman–Crippen LogP) is 3.27. The van der Waals surface area contributed by atoms with Gasteiger partial charge in [-0.2, -0.15) is 0 Å². The van der Waals surface area contributed by atoms with E-state index in [1.807, 2.05) is 25.1 Å². The SMILES string of the molecule is CCCc1c(C)oc2c(OCC=O)cccc12. The largest absolute Gasteiger partial charge is 0.482 e. The standard InChI is InChI=1S/C14H16O3/c1-3-5-11-10(2)17-14-12(11)6-4-7-13(14)16-9-8-15/h4,6-8H,3,5,9H2,1-2H3. The molecular weight excluding hydrogens is 216 g/mol. The molecule has 0 radical (unpaired) electrons. The van der Waals surface area contributed by atoms with E-state index >= 15 is 0 Å². The van der Waals surface area contributed by atoms with Crippen LogP contribution in [-0.4, -0.2) is 12.9 Å². The lowest BCUT2D eigenvalue weighted by Crippen LogP contribution is -1.97. The molecular formula is C14H16O3. The van der Waals surface area contributed by atoms with E-state index in [2.05, 4.69) is 6.92 Å². The van der Waals surface area contributed by atoms with Crippen LogP contribution in [0.4, 0.5) is 0 Å². The number of carbonyl (C=O) groups excluding carboxylic acids is 1. The number of aryl methyl sites for hydroxylation is 2. The summed E-state index contributed by atoms with van der Waals surface area (Å²) in [6, 6.07) is 5.78. The van der Waals surface area contributed by atoms with Crippen LogP contribution >= 0.6 is 0 Å². The van der Waals surface area contributed by atoms with Gasteiger partial charge in [-0.25, -0.2) is 0 Å². The molecule has 3 heteroatoms. The van der Waals surface area contributed by atoms with Crippen molar-refractivity contribution in [2.24, 2.45) is 0 Å². The molecule has 0 spiro atoms. The normalized spacial score (nSPS) is 10.7. The Balaban J connectivity index is 2.50. The summed E-state index contributed by atoms with van der Waals surface area (Å²) in [6.07, 6.45) is 2.81. The predicted molar refractivity (Wildman–Crippen MR) is 66.5 cm³/mol. The first-order valence-corrected chi connectivity index (χ1v) is 5.85. The summed E-state index contributed by atoms with van der Waals surface area (Å²) in [6.45, 7) is 4.17. The first-order valence-electron chi connectivity index (χ1n) is 5.85. The van der Waals surface area contributed by atoms with Crippen LogP contribution in [0.2, 0.25) is 0 Å². The summed E-state index contributed by atoms with van der Waals surface area (Å²) in [5.74, 6) is 1.57. The van der Waals surface area contributed by atoms with E-state index < -0.39 is 0 Å². The molecule has 0 aliphatic heterocycles. The Morgan fingerprint density at radius 2 is 2.24 bits per heavy atom. The summed E-state index contributed by atoms with van der Waals surface area (Å²) in [7, 11) is 0. The zero-order valence-corrected chi connectivity index (χ0v) is 10.2. The number of fused-ring (bicyclic) bond motifs is 1. The maximum absolute atomic E-state index is 10.3. The second-order valence-corrected chi connectivity index (χ2v) is 4.00. The molecule has 3 nitrogen and oxygen atoms in total. The Bertz CT molecular complexity index is 525. The van der Waals surface area contributed by atoms with Crippen LogP contribution in [0.3, 0.4) is 0 Å². The van der Waals surface area contributed by atoms with E-state index in [1.54, 1.807) is 0 Å². The maximum Gasteiger partial charge on any atom is 0.176 e. The number of benzene rings is 1. The van der Waals surface area contributed by atoms with Crippen LogP contribution in [0.25, 0.3) is 11.0 Å². The van der Waals surface area contributed by atoms with Crippen molar-refractivity contribution in [3.8, 4) is 5.75 Å². The Kier molecular flexibility index (Phi) is 3.47. The molecule has 0 atom stereocenters. The van der Waals surface area contributed by atoms with E-state index in [9.17, 15) is 4.79 Å². The van der Waals surface area contributed by atoms with E-state index in [4.69, 9.17) is 9.15 Å². The minimum atomic E-state index is 0.0575. The lowest BCUT2D eigenvalue weighted by molar-refractivity contribution is -0.109. The second-order valence-electron chi connectivity index (χ2n) is 4.00. The van der Waals surface area contributed by atoms with Gasteiger partial charge in [-0.3, -0.25) is 4.79 Å². The monoisotopic (exact) mass is 232 g/mol. The van der Waals surface area contributed by atoms with E-state index in [0.717, 1.165) is 35.9 Å². The number of para-hydroxylation sites is 1. The van der Waals surface area contributed by atoms with Gasteiger partial charge in [0.1, 0.15) is 12.4 Å². The molecule has 2 rings (SSSR count). The Morgan fingerprint density at radius 3 is 2.94 bits per heavy atom. The topological polar surface area (TPSA) is 39.4 Å². The highest BCUT2D eigenvalue weighted by atomic mass is 16.5. The minimum Gasteiger partial charge on any atom is -0.482 e. The fourth-order valence-electron chi connectivity index (χ4n) is 2.06. The van der Waals surface area contributed by atoms with Crippen molar-refractivity contribution in [2.45, 2.75) is 26.7 Å². The molecule has 90 valence electrons. The van der Waals surface area contributed by atoms with Crippen LogP contribution in [0.15, 0.2) is 22.6 Å². The van der Waals surface area contributed by atoms with Gasteiger partial charge in [0.05, 0.1) is 0 Å². The number of hydrogen-bond donors (Lipinski definition) is 0. The van der Waals surface area contributed by atoms with Crippen molar-refractivity contribution in [1.82, 2.24) is 0 Å². The van der Waals surface area contributed by atoms with Crippen LogP contribution in [-0.2, 0) is 11.2 Å². The Labute approximate surface area is 100 Å². The van der Waals surface area contributed by atoms with Gasteiger partial charge in [-0.15, -0.1) is 0 Å². The van der Waals surface area contributed by atoms with Crippen LogP contribution in [0, 0.1) is 6.92 Å². The number of hydrogen-bond acceptors (Lipinski definition) is 3. The Morgan fingerprint density at radius 1 is 1.41 bits per heavy atom. The van der Waals surface area contributed by atoms with E-state index in [0.29, 0.717) is 5.75 Å². The van der Waals surface area contributed by atoms with Crippen molar-refractivity contribution in [1.29, 1.82) is 0 Å². The van der Waals surface area contributed by atoms with Gasteiger partial charge in [0, 0.05) is 10.9 Å². The molecule has 1 aromatic heterocycles. The van der Waals surface area contributed by atoms with Gasteiger partial charge >= 0.3 is 0 Å². The van der Waals surface area contributed by atoms with Gasteiger partial charge in [-0.1, -0.05) is 25.5 Å². The van der Waals surface area contributed by atoms with Crippen molar-refractivity contribution < 1.29 is 13.9 Å². The smallest absolute Gasteiger partial charge is 0.176 e. The van der Waals surface area contributed by atoms with Crippen LogP contribution in [0.1, 0.15) is 24.7 Å². The van der Waals surface area contributed by atoms with Crippen LogP contribution in [0.5, 0.6) is 5.75 Å². The molecule has 0 aliphatic rings. The summed E-state index contributed by atoms with van der Waals surface area (Å²) in [4.78, 5) is 10.3. The van der Waals surface area contributed by atoms with Crippen molar-refractivity contribution in [3.05, 3.63) is 29.5 Å².